The van der Waals surface area contributed by atoms with E-state index < -0.39 is 0 Å². The molecule has 2 N–H and O–H groups in total. The maximum absolute atomic E-state index is 6.00. The Labute approximate surface area is 105 Å². The summed E-state index contributed by atoms with van der Waals surface area (Å²) in [5.41, 5.74) is 0.194. The van der Waals surface area contributed by atoms with E-state index >= 15 is 0 Å². The van der Waals surface area contributed by atoms with Gasteiger partial charge in [-0.05, 0) is 38.8 Å². The van der Waals surface area contributed by atoms with Gasteiger partial charge in [0, 0.05) is 12.0 Å². The van der Waals surface area contributed by atoms with Crippen LogP contribution >= 0.6 is 12.4 Å². The quantitative estimate of drug-likeness (QED) is 0.782. The summed E-state index contributed by atoms with van der Waals surface area (Å²) in [6, 6.07) is 0. The van der Waals surface area contributed by atoms with Crippen LogP contribution in [-0.4, -0.2) is 32.0 Å². The van der Waals surface area contributed by atoms with Crippen molar-refractivity contribution in [2.75, 3.05) is 26.2 Å². The summed E-state index contributed by atoms with van der Waals surface area (Å²) in [7, 11) is 0. The van der Waals surface area contributed by atoms with Crippen molar-refractivity contribution in [2.45, 2.75) is 39.3 Å². The van der Waals surface area contributed by atoms with E-state index in [9.17, 15) is 0 Å². The largest absolute Gasteiger partial charge is 0.360 e. The predicted octanol–water partition coefficient (Wildman–Crippen LogP) is 1.77. The number of hydrogen-bond acceptors (Lipinski definition) is 3. The molecule has 16 heavy (non-hydrogen) atoms. The normalized spacial score (nSPS) is 38.1. The lowest BCUT2D eigenvalue weighted by molar-refractivity contribution is -0.135. The van der Waals surface area contributed by atoms with Crippen molar-refractivity contribution in [1.29, 1.82) is 0 Å². The highest BCUT2D eigenvalue weighted by molar-refractivity contribution is 5.85. The number of ether oxygens (including phenoxy) is 1. The van der Waals surface area contributed by atoms with Crippen molar-refractivity contribution in [2.24, 2.45) is 11.3 Å². The first kappa shape index (κ1) is 14.2. The van der Waals surface area contributed by atoms with Crippen molar-refractivity contribution < 1.29 is 4.74 Å². The maximum Gasteiger partial charge on any atom is 0.116 e. The average molecular weight is 249 g/mol. The molecule has 0 aromatic rings. The van der Waals surface area contributed by atoms with Gasteiger partial charge in [0.25, 0.3) is 0 Å². The van der Waals surface area contributed by atoms with Crippen LogP contribution in [0.15, 0.2) is 0 Å². The van der Waals surface area contributed by atoms with E-state index in [1.54, 1.807) is 0 Å². The van der Waals surface area contributed by atoms with Crippen LogP contribution in [0.3, 0.4) is 0 Å². The standard InChI is InChI=1S/C12H24N2O.ClH/c1-11(2)8-14-12(3,15-9-11)6-10-4-5-13-7-10;/h10,13-14H,4-9H2,1-3H3;1H. The summed E-state index contributed by atoms with van der Waals surface area (Å²) in [5, 5.41) is 6.97. The molecule has 2 aliphatic rings. The first-order valence-electron chi connectivity index (χ1n) is 6.09. The van der Waals surface area contributed by atoms with E-state index in [1.807, 2.05) is 0 Å². The predicted molar refractivity (Wildman–Crippen MR) is 69.0 cm³/mol. The summed E-state index contributed by atoms with van der Waals surface area (Å²) in [6.45, 7) is 10.9. The van der Waals surface area contributed by atoms with Gasteiger partial charge in [0.15, 0.2) is 0 Å². The molecule has 0 aliphatic carbocycles. The van der Waals surface area contributed by atoms with Gasteiger partial charge in [0.2, 0.25) is 0 Å². The lowest BCUT2D eigenvalue weighted by Crippen LogP contribution is -2.56. The topological polar surface area (TPSA) is 33.3 Å². The Kier molecular flexibility index (Phi) is 4.64. The molecule has 2 rings (SSSR count). The fraction of sp³-hybridized carbons (Fsp3) is 1.00. The first-order valence-corrected chi connectivity index (χ1v) is 6.09. The molecular weight excluding hydrogens is 224 g/mol. The average Bonchev–Trinajstić information content (AvgIpc) is 2.64. The highest BCUT2D eigenvalue weighted by Crippen LogP contribution is 2.30. The van der Waals surface area contributed by atoms with E-state index in [0.29, 0.717) is 0 Å². The summed E-state index contributed by atoms with van der Waals surface area (Å²) < 4.78 is 6.00. The van der Waals surface area contributed by atoms with Crippen LogP contribution < -0.4 is 10.6 Å². The third kappa shape index (κ3) is 3.59. The van der Waals surface area contributed by atoms with Crippen molar-refractivity contribution >= 4 is 12.4 Å². The van der Waals surface area contributed by atoms with Crippen molar-refractivity contribution in [3.8, 4) is 0 Å². The zero-order chi connectivity index (χ0) is 10.9. The Balaban J connectivity index is 0.00000128. The molecule has 2 heterocycles. The van der Waals surface area contributed by atoms with E-state index in [4.69, 9.17) is 4.74 Å². The van der Waals surface area contributed by atoms with Crippen LogP contribution in [0, 0.1) is 11.3 Å². The van der Waals surface area contributed by atoms with Gasteiger partial charge in [-0.2, -0.15) is 0 Å². The van der Waals surface area contributed by atoms with Crippen LogP contribution in [0.4, 0.5) is 0 Å². The Hall–Kier alpha value is 0.170. The highest BCUT2D eigenvalue weighted by Gasteiger charge is 2.37. The number of hydrogen-bond donors (Lipinski definition) is 2. The number of nitrogens with one attached hydrogen (secondary N) is 2. The number of halogens is 1. The Morgan fingerprint density at radius 1 is 1.31 bits per heavy atom. The molecule has 0 amide bonds. The Bertz CT molecular complexity index is 217. The highest BCUT2D eigenvalue weighted by atomic mass is 35.5. The van der Waals surface area contributed by atoms with Crippen LogP contribution in [0.1, 0.15) is 33.6 Å². The Morgan fingerprint density at radius 2 is 2.06 bits per heavy atom. The van der Waals surface area contributed by atoms with Crippen molar-refractivity contribution in [3.63, 3.8) is 0 Å². The lowest BCUT2D eigenvalue weighted by Gasteiger charge is -2.43. The van der Waals surface area contributed by atoms with Gasteiger partial charge in [-0.1, -0.05) is 13.8 Å². The van der Waals surface area contributed by atoms with Gasteiger partial charge in [0.1, 0.15) is 5.72 Å². The molecule has 96 valence electrons. The summed E-state index contributed by atoms with van der Waals surface area (Å²) in [6.07, 6.45) is 2.43. The molecule has 2 aliphatic heterocycles. The van der Waals surface area contributed by atoms with E-state index in [0.717, 1.165) is 32.0 Å². The summed E-state index contributed by atoms with van der Waals surface area (Å²) in [4.78, 5) is 0. The van der Waals surface area contributed by atoms with Gasteiger partial charge in [-0.3, -0.25) is 5.32 Å². The van der Waals surface area contributed by atoms with E-state index in [1.165, 1.54) is 13.0 Å². The van der Waals surface area contributed by atoms with Gasteiger partial charge in [-0.25, -0.2) is 0 Å². The summed E-state index contributed by atoms with van der Waals surface area (Å²) in [5.74, 6) is 0.781. The van der Waals surface area contributed by atoms with Crippen LogP contribution in [-0.2, 0) is 4.74 Å². The molecule has 4 heteroatoms. The molecule has 0 spiro atoms. The van der Waals surface area contributed by atoms with Gasteiger partial charge >= 0.3 is 0 Å². The fourth-order valence-corrected chi connectivity index (χ4v) is 2.45. The molecule has 0 bridgehead atoms. The van der Waals surface area contributed by atoms with Crippen molar-refractivity contribution in [1.82, 2.24) is 10.6 Å². The maximum atomic E-state index is 6.00. The van der Waals surface area contributed by atoms with E-state index in [-0.39, 0.29) is 23.5 Å². The SMILES string of the molecule is CC1(C)CNC(C)(CC2CCNC2)OC1.Cl. The minimum absolute atomic E-state index is 0. The molecule has 2 atom stereocenters. The second-order valence-corrected chi connectivity index (χ2v) is 6.10. The lowest BCUT2D eigenvalue weighted by atomic mass is 9.89. The second kappa shape index (κ2) is 5.21. The minimum atomic E-state index is -0.0911. The summed E-state index contributed by atoms with van der Waals surface area (Å²) >= 11 is 0. The first-order chi connectivity index (χ1) is 6.99. The van der Waals surface area contributed by atoms with Crippen LogP contribution in [0.2, 0.25) is 0 Å². The van der Waals surface area contributed by atoms with Gasteiger partial charge in [0.05, 0.1) is 6.61 Å². The molecule has 3 nitrogen and oxygen atoms in total. The van der Waals surface area contributed by atoms with E-state index in [2.05, 4.69) is 31.4 Å². The molecule has 2 fully saturated rings. The zero-order valence-corrected chi connectivity index (χ0v) is 11.5. The second-order valence-electron chi connectivity index (χ2n) is 6.10. The van der Waals surface area contributed by atoms with Crippen LogP contribution in [0.5, 0.6) is 0 Å². The molecule has 0 aromatic heterocycles. The molecule has 0 saturated carbocycles. The minimum Gasteiger partial charge on any atom is -0.360 e. The van der Waals surface area contributed by atoms with Crippen molar-refractivity contribution in [3.05, 3.63) is 0 Å². The fourth-order valence-electron chi connectivity index (χ4n) is 2.45. The third-order valence-electron chi connectivity index (χ3n) is 3.56. The zero-order valence-electron chi connectivity index (χ0n) is 10.6. The number of rotatable bonds is 2. The van der Waals surface area contributed by atoms with Crippen LogP contribution in [0.25, 0.3) is 0 Å². The molecule has 0 radical (unpaired) electrons. The molecular formula is C12H25ClN2O. The third-order valence-corrected chi connectivity index (χ3v) is 3.56. The Morgan fingerprint density at radius 3 is 2.56 bits per heavy atom. The van der Waals surface area contributed by atoms with Gasteiger partial charge < -0.3 is 10.1 Å². The van der Waals surface area contributed by atoms with Gasteiger partial charge in [-0.15, -0.1) is 12.4 Å². The molecule has 2 saturated heterocycles. The monoisotopic (exact) mass is 248 g/mol. The molecule has 2 unspecified atom stereocenters. The molecule has 0 aromatic carbocycles. The smallest absolute Gasteiger partial charge is 0.116 e.